The molecule has 5 nitrogen and oxygen atoms in total. The summed E-state index contributed by atoms with van der Waals surface area (Å²) in [6.45, 7) is 0. The van der Waals surface area contributed by atoms with E-state index in [1.54, 1.807) is 11.9 Å². The smallest absolute Gasteiger partial charge is 0.213 e. The maximum absolute atomic E-state index is 11.5. The number of aliphatic imine (C=N–C) groups is 1. The average molecular weight is 655 g/mol. The third kappa shape index (κ3) is 5.66. The van der Waals surface area contributed by atoms with E-state index in [1.807, 2.05) is 30.5 Å². The minimum atomic E-state index is -0.262. The number of allylic oxidation sites excluding steroid dienone is 1. The summed E-state index contributed by atoms with van der Waals surface area (Å²) in [6.07, 6.45) is 2.74. The molecule has 7 aromatic rings. The summed E-state index contributed by atoms with van der Waals surface area (Å²) in [5, 5.41) is 9.56. The molecule has 0 saturated heterocycles. The molecule has 1 unspecified atom stereocenters. The molecule has 49 heavy (non-hydrogen) atoms. The summed E-state index contributed by atoms with van der Waals surface area (Å²) >= 11 is 1.85. The standard InChI is InChI=1S/C43H34N4OS/c1-44-39-25-30(22-23-40(39)47(2)27-48)29-14-10-15-31(24-29)37-26-38(46-43(45-37)28-12-4-3-5-13-28)33-17-7-6-16-32(33)35-19-11-20-36-34-18-8-9-21-41(34)49-42(35)36/h3-27,43-45H,1-2H3. The first-order chi connectivity index (χ1) is 24.1. The summed E-state index contributed by atoms with van der Waals surface area (Å²) in [4.78, 5) is 18.4. The van der Waals surface area contributed by atoms with E-state index >= 15 is 0 Å². The highest BCUT2D eigenvalue weighted by molar-refractivity contribution is 7.26. The highest BCUT2D eigenvalue weighted by Gasteiger charge is 2.22. The molecular formula is C43H34N4OS. The summed E-state index contributed by atoms with van der Waals surface area (Å²) < 4.78 is 2.58. The molecule has 1 aliphatic rings. The van der Waals surface area contributed by atoms with Gasteiger partial charge in [-0.3, -0.25) is 9.79 Å². The lowest BCUT2D eigenvalue weighted by molar-refractivity contribution is -0.107. The first-order valence-electron chi connectivity index (χ1n) is 16.3. The third-order valence-electron chi connectivity index (χ3n) is 9.17. The monoisotopic (exact) mass is 654 g/mol. The Morgan fingerprint density at radius 2 is 1.41 bits per heavy atom. The Labute approximate surface area is 289 Å². The van der Waals surface area contributed by atoms with Gasteiger partial charge < -0.3 is 15.5 Å². The number of hydrogen-bond donors (Lipinski definition) is 2. The van der Waals surface area contributed by atoms with Crippen LogP contribution < -0.4 is 15.5 Å². The fraction of sp³-hybridized carbons (Fsp3) is 0.0698. The zero-order chi connectivity index (χ0) is 33.3. The molecule has 238 valence electrons. The summed E-state index contributed by atoms with van der Waals surface area (Å²) in [5.41, 5.74) is 11.4. The van der Waals surface area contributed by atoms with Crippen LogP contribution in [0.4, 0.5) is 11.4 Å². The van der Waals surface area contributed by atoms with Crippen molar-refractivity contribution in [2.24, 2.45) is 4.99 Å². The largest absolute Gasteiger partial charge is 0.386 e. The summed E-state index contributed by atoms with van der Waals surface area (Å²) in [7, 11) is 3.63. The van der Waals surface area contributed by atoms with Gasteiger partial charge in [-0.05, 0) is 58.2 Å². The zero-order valence-corrected chi connectivity index (χ0v) is 28.0. The normalized spacial score (nSPS) is 14.2. The Morgan fingerprint density at radius 3 is 2.24 bits per heavy atom. The number of nitrogens with one attached hydrogen (secondary N) is 2. The fourth-order valence-electron chi connectivity index (χ4n) is 6.69. The number of carbonyl (C=O) groups excluding carboxylic acids is 1. The molecule has 1 aromatic heterocycles. The third-order valence-corrected chi connectivity index (χ3v) is 10.4. The van der Waals surface area contributed by atoms with Crippen molar-refractivity contribution in [2.45, 2.75) is 6.17 Å². The van der Waals surface area contributed by atoms with Crippen LogP contribution in [0.3, 0.4) is 0 Å². The van der Waals surface area contributed by atoms with Gasteiger partial charge in [-0.2, -0.15) is 0 Å². The molecule has 2 heterocycles. The van der Waals surface area contributed by atoms with Crippen LogP contribution in [0.2, 0.25) is 0 Å². The molecule has 1 atom stereocenters. The number of amides is 1. The maximum atomic E-state index is 11.5. The second-order valence-electron chi connectivity index (χ2n) is 12.1. The van der Waals surface area contributed by atoms with Crippen LogP contribution in [0, 0.1) is 0 Å². The molecule has 0 radical (unpaired) electrons. The molecule has 2 N–H and O–H groups in total. The molecule has 0 bridgehead atoms. The molecule has 1 aliphatic heterocycles. The second-order valence-corrected chi connectivity index (χ2v) is 13.2. The van der Waals surface area contributed by atoms with Crippen LogP contribution in [-0.2, 0) is 4.79 Å². The molecule has 8 rings (SSSR count). The summed E-state index contributed by atoms with van der Waals surface area (Å²) in [5.74, 6) is 0. The number of nitrogens with zero attached hydrogens (tertiary/aromatic N) is 2. The van der Waals surface area contributed by atoms with E-state index < -0.39 is 0 Å². The SMILES string of the molecule is CNc1cc(-c2cccc(C3=CC(c4ccccc4-c4cccc5c4sc4ccccc45)=NC(c4ccccc4)N3)c2)ccc1N(C)C=O. The van der Waals surface area contributed by atoms with Gasteiger partial charge in [0.1, 0.15) is 6.17 Å². The highest BCUT2D eigenvalue weighted by atomic mass is 32.1. The molecule has 6 heteroatoms. The number of rotatable bonds is 8. The minimum absolute atomic E-state index is 0.262. The van der Waals surface area contributed by atoms with E-state index in [0.29, 0.717) is 0 Å². The van der Waals surface area contributed by atoms with Gasteiger partial charge in [0.15, 0.2) is 0 Å². The van der Waals surface area contributed by atoms with Gasteiger partial charge in [0.05, 0.1) is 17.1 Å². The van der Waals surface area contributed by atoms with E-state index in [2.05, 4.69) is 144 Å². The number of hydrogen-bond acceptors (Lipinski definition) is 5. The van der Waals surface area contributed by atoms with Crippen LogP contribution >= 0.6 is 11.3 Å². The Bertz CT molecular complexity index is 2410. The van der Waals surface area contributed by atoms with Crippen molar-refractivity contribution in [3.05, 3.63) is 162 Å². The van der Waals surface area contributed by atoms with Crippen molar-refractivity contribution in [3.8, 4) is 22.3 Å². The van der Waals surface area contributed by atoms with Crippen molar-refractivity contribution >= 4 is 60.7 Å². The predicted octanol–water partition coefficient (Wildman–Crippen LogP) is 10.2. The molecule has 1 amide bonds. The van der Waals surface area contributed by atoms with Gasteiger partial charge in [-0.1, -0.05) is 115 Å². The predicted molar refractivity (Wildman–Crippen MR) is 207 cm³/mol. The van der Waals surface area contributed by atoms with Gasteiger partial charge in [0.2, 0.25) is 6.41 Å². The molecular weight excluding hydrogens is 621 g/mol. The lowest BCUT2D eigenvalue weighted by Crippen LogP contribution is -2.25. The minimum Gasteiger partial charge on any atom is -0.386 e. The molecule has 0 saturated carbocycles. The number of thiophene rings is 1. The quantitative estimate of drug-likeness (QED) is 0.160. The maximum Gasteiger partial charge on any atom is 0.213 e. The van der Waals surface area contributed by atoms with E-state index in [9.17, 15) is 4.79 Å². The lowest BCUT2D eigenvalue weighted by atomic mass is 9.93. The lowest BCUT2D eigenvalue weighted by Gasteiger charge is -2.26. The number of fused-ring (bicyclic) bond motifs is 3. The van der Waals surface area contributed by atoms with Crippen molar-refractivity contribution < 1.29 is 4.79 Å². The van der Waals surface area contributed by atoms with Gasteiger partial charge in [0.25, 0.3) is 0 Å². The number of anilines is 2. The van der Waals surface area contributed by atoms with Crippen molar-refractivity contribution in [3.63, 3.8) is 0 Å². The number of carbonyl (C=O) groups is 1. The molecule has 6 aromatic carbocycles. The zero-order valence-electron chi connectivity index (χ0n) is 27.2. The fourth-order valence-corrected chi connectivity index (χ4v) is 7.92. The van der Waals surface area contributed by atoms with E-state index in [1.165, 1.54) is 25.7 Å². The van der Waals surface area contributed by atoms with Gasteiger partial charge in [-0.25, -0.2) is 0 Å². The Balaban J connectivity index is 1.25. The number of benzene rings is 6. The van der Waals surface area contributed by atoms with Crippen molar-refractivity contribution in [1.82, 2.24) is 5.32 Å². The van der Waals surface area contributed by atoms with Crippen LogP contribution in [-0.4, -0.2) is 26.2 Å². The Kier molecular flexibility index (Phi) is 8.00. The van der Waals surface area contributed by atoms with Crippen molar-refractivity contribution in [1.29, 1.82) is 0 Å². The van der Waals surface area contributed by atoms with E-state index in [0.717, 1.165) is 62.6 Å². The molecule has 0 spiro atoms. The first-order valence-corrected chi connectivity index (χ1v) is 17.1. The molecule has 0 aliphatic carbocycles. The first kappa shape index (κ1) is 30.4. The van der Waals surface area contributed by atoms with Crippen LogP contribution in [0.15, 0.2) is 151 Å². The highest BCUT2D eigenvalue weighted by Crippen LogP contribution is 2.41. The van der Waals surface area contributed by atoms with E-state index in [4.69, 9.17) is 4.99 Å². The van der Waals surface area contributed by atoms with Crippen LogP contribution in [0.1, 0.15) is 22.9 Å². The van der Waals surface area contributed by atoms with Gasteiger partial charge >= 0.3 is 0 Å². The Morgan fingerprint density at radius 1 is 0.714 bits per heavy atom. The topological polar surface area (TPSA) is 56.7 Å². The van der Waals surface area contributed by atoms with E-state index in [-0.39, 0.29) is 6.17 Å². The van der Waals surface area contributed by atoms with Gasteiger partial charge in [0, 0.05) is 51.1 Å². The summed E-state index contributed by atoms with van der Waals surface area (Å²) in [6, 6.07) is 49.0. The van der Waals surface area contributed by atoms with Crippen LogP contribution in [0.5, 0.6) is 0 Å². The average Bonchev–Trinajstić information content (AvgIpc) is 3.56. The second kappa shape index (κ2) is 12.9. The Hall–Kier alpha value is -5.98. The van der Waals surface area contributed by atoms with Gasteiger partial charge in [-0.15, -0.1) is 11.3 Å². The van der Waals surface area contributed by atoms with Crippen LogP contribution in [0.25, 0.3) is 48.1 Å². The van der Waals surface area contributed by atoms with Crippen molar-refractivity contribution in [2.75, 3.05) is 24.3 Å². The molecule has 0 fully saturated rings.